The smallest absolute Gasteiger partial charge is 0.260 e. The van der Waals surface area contributed by atoms with Crippen molar-refractivity contribution in [3.8, 4) is 5.75 Å². The first-order chi connectivity index (χ1) is 13.1. The molecule has 4 heteroatoms. The number of rotatable bonds is 7. The summed E-state index contributed by atoms with van der Waals surface area (Å²) in [5, 5.41) is 3.13. The molecule has 1 unspecified atom stereocenters. The minimum atomic E-state index is -0.537. The second-order valence-electron chi connectivity index (χ2n) is 7.20. The average molecular weight is 367 g/mol. The van der Waals surface area contributed by atoms with Crippen molar-refractivity contribution in [2.75, 3.05) is 19.8 Å². The number of hydrogen-bond donors (Lipinski definition) is 1. The molecule has 1 heterocycles. The van der Waals surface area contributed by atoms with Gasteiger partial charge in [-0.1, -0.05) is 55.5 Å². The van der Waals surface area contributed by atoms with Crippen LogP contribution in [-0.4, -0.2) is 31.8 Å². The van der Waals surface area contributed by atoms with Gasteiger partial charge in [-0.05, 0) is 43.4 Å². The Kier molecular flexibility index (Phi) is 6.51. The summed E-state index contributed by atoms with van der Waals surface area (Å²) < 4.78 is 11.5. The highest BCUT2D eigenvalue weighted by molar-refractivity contribution is 5.80. The standard InChI is InChI=1S/C23H29NO3/c1-3-19-9-7-8-12-21(19)27-18(2)22(25)24-17-23(13-15-26-16-14-23)20-10-5-4-6-11-20/h4-12,18H,3,13-17H2,1-2H3,(H,24,25). The summed E-state index contributed by atoms with van der Waals surface area (Å²) in [6.45, 7) is 5.94. The molecular formula is C23H29NO3. The molecule has 2 aromatic carbocycles. The van der Waals surface area contributed by atoms with Crippen molar-refractivity contribution in [2.45, 2.75) is 44.6 Å². The summed E-state index contributed by atoms with van der Waals surface area (Å²) in [6.07, 6.45) is 2.16. The molecule has 144 valence electrons. The highest BCUT2D eigenvalue weighted by atomic mass is 16.5. The van der Waals surface area contributed by atoms with E-state index in [1.807, 2.05) is 30.3 Å². The highest BCUT2D eigenvalue weighted by Crippen LogP contribution is 2.34. The van der Waals surface area contributed by atoms with E-state index in [9.17, 15) is 4.79 Å². The molecule has 1 fully saturated rings. The fourth-order valence-electron chi connectivity index (χ4n) is 3.68. The van der Waals surface area contributed by atoms with Gasteiger partial charge in [0.2, 0.25) is 0 Å². The first-order valence-electron chi connectivity index (χ1n) is 9.80. The van der Waals surface area contributed by atoms with Crippen molar-refractivity contribution in [3.05, 3.63) is 65.7 Å². The predicted octanol–water partition coefficient (Wildman–Crippen LogP) is 3.88. The van der Waals surface area contributed by atoms with E-state index in [0.717, 1.165) is 43.8 Å². The Labute approximate surface area is 161 Å². The average Bonchev–Trinajstić information content (AvgIpc) is 2.73. The molecule has 0 spiro atoms. The molecule has 0 aromatic heterocycles. The predicted molar refractivity (Wildman–Crippen MR) is 107 cm³/mol. The maximum absolute atomic E-state index is 12.7. The lowest BCUT2D eigenvalue weighted by atomic mass is 9.74. The zero-order valence-corrected chi connectivity index (χ0v) is 16.2. The lowest BCUT2D eigenvalue weighted by Crippen LogP contribution is -2.47. The largest absolute Gasteiger partial charge is 0.481 e. The van der Waals surface area contributed by atoms with Crippen LogP contribution in [0.4, 0.5) is 0 Å². The van der Waals surface area contributed by atoms with Gasteiger partial charge < -0.3 is 14.8 Å². The third-order valence-corrected chi connectivity index (χ3v) is 5.46. The quantitative estimate of drug-likeness (QED) is 0.808. The van der Waals surface area contributed by atoms with Crippen molar-refractivity contribution in [2.24, 2.45) is 0 Å². The molecule has 27 heavy (non-hydrogen) atoms. The van der Waals surface area contributed by atoms with Gasteiger partial charge in [0, 0.05) is 25.2 Å². The molecule has 3 rings (SSSR count). The van der Waals surface area contributed by atoms with Crippen LogP contribution in [0.5, 0.6) is 5.75 Å². The maximum Gasteiger partial charge on any atom is 0.260 e. The van der Waals surface area contributed by atoms with Gasteiger partial charge in [0.25, 0.3) is 5.91 Å². The molecule has 0 radical (unpaired) electrons. The molecule has 1 N–H and O–H groups in total. The fraction of sp³-hybridized carbons (Fsp3) is 0.435. The van der Waals surface area contributed by atoms with E-state index >= 15 is 0 Å². The summed E-state index contributed by atoms with van der Waals surface area (Å²) in [5.74, 6) is 0.703. The lowest BCUT2D eigenvalue weighted by Gasteiger charge is -2.38. The zero-order chi connectivity index (χ0) is 19.1. The summed E-state index contributed by atoms with van der Waals surface area (Å²) in [4.78, 5) is 12.7. The molecule has 1 aliphatic heterocycles. The monoisotopic (exact) mass is 367 g/mol. The zero-order valence-electron chi connectivity index (χ0n) is 16.2. The van der Waals surface area contributed by atoms with Crippen LogP contribution in [0.3, 0.4) is 0 Å². The van der Waals surface area contributed by atoms with E-state index in [-0.39, 0.29) is 11.3 Å². The van der Waals surface area contributed by atoms with Crippen LogP contribution < -0.4 is 10.1 Å². The number of ether oxygens (including phenoxy) is 2. The van der Waals surface area contributed by atoms with Gasteiger partial charge in [-0.3, -0.25) is 4.79 Å². The van der Waals surface area contributed by atoms with Gasteiger partial charge in [0.05, 0.1) is 0 Å². The molecule has 4 nitrogen and oxygen atoms in total. The molecule has 1 aliphatic rings. The molecule has 2 aromatic rings. The normalized spacial score (nSPS) is 17.1. The van der Waals surface area contributed by atoms with Gasteiger partial charge in [0.15, 0.2) is 6.10 Å². The van der Waals surface area contributed by atoms with Crippen molar-refractivity contribution in [1.82, 2.24) is 5.32 Å². The van der Waals surface area contributed by atoms with E-state index in [0.29, 0.717) is 6.54 Å². The Balaban J connectivity index is 1.65. The lowest BCUT2D eigenvalue weighted by molar-refractivity contribution is -0.127. The number of benzene rings is 2. The van der Waals surface area contributed by atoms with E-state index in [2.05, 4.69) is 36.5 Å². The van der Waals surface area contributed by atoms with E-state index in [1.54, 1.807) is 6.92 Å². The molecule has 1 amide bonds. The van der Waals surface area contributed by atoms with Crippen LogP contribution in [0, 0.1) is 0 Å². The fourth-order valence-corrected chi connectivity index (χ4v) is 3.68. The van der Waals surface area contributed by atoms with Crippen LogP contribution in [-0.2, 0) is 21.4 Å². The van der Waals surface area contributed by atoms with Gasteiger partial charge in [-0.25, -0.2) is 0 Å². The van der Waals surface area contributed by atoms with Gasteiger partial charge >= 0.3 is 0 Å². The minimum Gasteiger partial charge on any atom is -0.481 e. The van der Waals surface area contributed by atoms with Crippen LogP contribution in [0.2, 0.25) is 0 Å². The summed E-state index contributed by atoms with van der Waals surface area (Å²) >= 11 is 0. The van der Waals surface area contributed by atoms with Crippen molar-refractivity contribution < 1.29 is 14.3 Å². The Hall–Kier alpha value is -2.33. The third kappa shape index (κ3) is 4.69. The number of carbonyl (C=O) groups is 1. The van der Waals surface area contributed by atoms with Gasteiger partial charge in [-0.2, -0.15) is 0 Å². The van der Waals surface area contributed by atoms with Crippen molar-refractivity contribution in [1.29, 1.82) is 0 Å². The number of hydrogen-bond acceptors (Lipinski definition) is 3. The van der Waals surface area contributed by atoms with E-state index < -0.39 is 6.10 Å². The molecule has 0 aliphatic carbocycles. The van der Waals surface area contributed by atoms with E-state index in [1.165, 1.54) is 5.56 Å². The van der Waals surface area contributed by atoms with Crippen molar-refractivity contribution >= 4 is 5.91 Å². The SMILES string of the molecule is CCc1ccccc1OC(C)C(=O)NCC1(c2ccccc2)CCOCC1. The first kappa shape index (κ1) is 19.4. The molecule has 1 saturated heterocycles. The maximum atomic E-state index is 12.7. The number of nitrogens with one attached hydrogen (secondary N) is 1. The minimum absolute atomic E-state index is 0.0732. The van der Waals surface area contributed by atoms with Crippen LogP contribution in [0.15, 0.2) is 54.6 Å². The molecule has 0 bridgehead atoms. The third-order valence-electron chi connectivity index (χ3n) is 5.46. The number of aryl methyl sites for hydroxylation is 1. The summed E-state index contributed by atoms with van der Waals surface area (Å²) in [6, 6.07) is 18.3. The number of para-hydroxylation sites is 1. The van der Waals surface area contributed by atoms with Crippen LogP contribution in [0.25, 0.3) is 0 Å². The molecule has 0 saturated carbocycles. The Morgan fingerprint density at radius 2 is 1.78 bits per heavy atom. The van der Waals surface area contributed by atoms with Gasteiger partial charge in [0.1, 0.15) is 5.75 Å². The van der Waals surface area contributed by atoms with Crippen LogP contribution in [0.1, 0.15) is 37.8 Å². The Morgan fingerprint density at radius 1 is 1.11 bits per heavy atom. The molecular weight excluding hydrogens is 338 g/mol. The highest BCUT2D eigenvalue weighted by Gasteiger charge is 2.35. The summed E-state index contributed by atoms with van der Waals surface area (Å²) in [5.41, 5.74) is 2.30. The Bertz CT molecular complexity index is 738. The second-order valence-corrected chi connectivity index (χ2v) is 7.20. The number of carbonyl (C=O) groups excluding carboxylic acids is 1. The first-order valence-corrected chi connectivity index (χ1v) is 9.80. The summed E-state index contributed by atoms with van der Waals surface area (Å²) in [7, 11) is 0. The van der Waals surface area contributed by atoms with Crippen LogP contribution >= 0.6 is 0 Å². The number of amides is 1. The van der Waals surface area contributed by atoms with E-state index in [4.69, 9.17) is 9.47 Å². The Morgan fingerprint density at radius 3 is 2.48 bits per heavy atom. The topological polar surface area (TPSA) is 47.6 Å². The second kappa shape index (κ2) is 9.05. The van der Waals surface area contributed by atoms with Gasteiger partial charge in [-0.15, -0.1) is 0 Å². The molecule has 1 atom stereocenters. The van der Waals surface area contributed by atoms with Crippen molar-refractivity contribution in [3.63, 3.8) is 0 Å².